The predicted molar refractivity (Wildman–Crippen MR) is 104 cm³/mol. The maximum atomic E-state index is 12.8. The second-order valence-corrected chi connectivity index (χ2v) is 6.92. The second kappa shape index (κ2) is 7.33. The van der Waals surface area contributed by atoms with Crippen molar-refractivity contribution >= 4 is 17.5 Å². The fourth-order valence-electron chi connectivity index (χ4n) is 3.27. The number of carbonyl (C=O) groups excluding carboxylic acids is 1. The van der Waals surface area contributed by atoms with Gasteiger partial charge in [0.15, 0.2) is 0 Å². The molecule has 0 unspecified atom stereocenters. The summed E-state index contributed by atoms with van der Waals surface area (Å²) in [5, 5.41) is 10.1. The number of carbonyl (C=O) groups is 1. The van der Waals surface area contributed by atoms with Gasteiger partial charge in [-0.05, 0) is 47.5 Å². The Kier molecular flexibility index (Phi) is 4.73. The molecule has 1 heterocycles. The van der Waals surface area contributed by atoms with Crippen LogP contribution < -0.4 is 4.74 Å². The van der Waals surface area contributed by atoms with Gasteiger partial charge in [0.05, 0.1) is 0 Å². The van der Waals surface area contributed by atoms with Crippen LogP contribution in [0, 0.1) is 0 Å². The van der Waals surface area contributed by atoms with Gasteiger partial charge in [-0.1, -0.05) is 54.1 Å². The minimum atomic E-state index is -0.612. The van der Waals surface area contributed by atoms with Gasteiger partial charge >= 0.3 is 0 Å². The molecule has 3 aromatic rings. The molecule has 0 bridgehead atoms. The molecule has 5 heteroatoms. The van der Waals surface area contributed by atoms with Crippen LogP contribution in [0.3, 0.4) is 0 Å². The van der Waals surface area contributed by atoms with Crippen molar-refractivity contribution in [1.82, 2.24) is 4.90 Å². The average molecular weight is 380 g/mol. The molecule has 0 aromatic heterocycles. The van der Waals surface area contributed by atoms with E-state index in [1.54, 1.807) is 12.1 Å². The van der Waals surface area contributed by atoms with Crippen LogP contribution in [0.1, 0.15) is 17.2 Å². The molecule has 0 saturated carbocycles. The van der Waals surface area contributed by atoms with Crippen LogP contribution in [0.5, 0.6) is 11.5 Å². The third-order valence-corrected chi connectivity index (χ3v) is 4.91. The van der Waals surface area contributed by atoms with E-state index in [0.717, 1.165) is 11.1 Å². The highest BCUT2D eigenvalue weighted by molar-refractivity contribution is 6.30. The number of phenolic OH excluding ortho intramolecular Hbond substituents is 1. The lowest BCUT2D eigenvalue weighted by Crippen LogP contribution is -2.60. The summed E-state index contributed by atoms with van der Waals surface area (Å²) in [5.74, 6) is 0.638. The zero-order chi connectivity index (χ0) is 18.8. The molecular formula is C22H18ClNO3. The molecule has 1 aliphatic heterocycles. The van der Waals surface area contributed by atoms with E-state index in [0.29, 0.717) is 17.3 Å². The maximum Gasteiger partial charge on any atom is 0.267 e. The van der Waals surface area contributed by atoms with Gasteiger partial charge in [0.2, 0.25) is 6.10 Å². The Balaban J connectivity index is 1.60. The number of benzene rings is 3. The monoisotopic (exact) mass is 379 g/mol. The first-order valence-electron chi connectivity index (χ1n) is 8.67. The van der Waals surface area contributed by atoms with Gasteiger partial charge in [-0.2, -0.15) is 0 Å². The van der Waals surface area contributed by atoms with Gasteiger partial charge in [0.25, 0.3) is 5.91 Å². The van der Waals surface area contributed by atoms with Crippen molar-refractivity contribution in [2.24, 2.45) is 0 Å². The molecule has 4 rings (SSSR count). The molecular weight excluding hydrogens is 362 g/mol. The molecule has 136 valence electrons. The molecule has 0 radical (unpaired) electrons. The first-order valence-corrected chi connectivity index (χ1v) is 9.05. The lowest BCUT2D eigenvalue weighted by atomic mass is 9.90. The number of halogens is 1. The normalized spacial score (nSPS) is 18.9. The van der Waals surface area contributed by atoms with Gasteiger partial charge in [-0.25, -0.2) is 0 Å². The molecule has 0 aliphatic carbocycles. The third-order valence-electron chi connectivity index (χ3n) is 4.66. The number of hydrogen-bond acceptors (Lipinski definition) is 3. The lowest BCUT2D eigenvalue weighted by molar-refractivity contribution is -0.165. The maximum absolute atomic E-state index is 12.8. The van der Waals surface area contributed by atoms with Crippen molar-refractivity contribution in [2.45, 2.75) is 18.7 Å². The highest BCUT2D eigenvalue weighted by Crippen LogP contribution is 2.39. The molecule has 0 spiro atoms. The highest BCUT2D eigenvalue weighted by atomic mass is 35.5. The quantitative estimate of drug-likeness (QED) is 0.660. The second-order valence-electron chi connectivity index (χ2n) is 6.48. The van der Waals surface area contributed by atoms with Crippen LogP contribution in [0.25, 0.3) is 0 Å². The highest BCUT2D eigenvalue weighted by Gasteiger charge is 2.50. The molecule has 27 heavy (non-hydrogen) atoms. The molecule has 1 aliphatic rings. The topological polar surface area (TPSA) is 49.8 Å². The summed E-state index contributed by atoms with van der Waals surface area (Å²) in [6.07, 6.45) is -0.612. The van der Waals surface area contributed by atoms with Gasteiger partial charge in [-0.15, -0.1) is 0 Å². The van der Waals surface area contributed by atoms with Gasteiger partial charge in [0.1, 0.15) is 17.5 Å². The van der Waals surface area contributed by atoms with E-state index in [9.17, 15) is 9.90 Å². The number of likely N-dealkylation sites (tertiary alicyclic amines) is 1. The van der Waals surface area contributed by atoms with E-state index in [2.05, 4.69) is 0 Å². The van der Waals surface area contributed by atoms with Gasteiger partial charge in [0, 0.05) is 11.6 Å². The molecule has 3 aromatic carbocycles. The number of amides is 1. The molecule has 1 saturated heterocycles. The van der Waals surface area contributed by atoms with Crippen LogP contribution in [0.4, 0.5) is 0 Å². The van der Waals surface area contributed by atoms with Crippen molar-refractivity contribution in [3.8, 4) is 11.5 Å². The lowest BCUT2D eigenvalue weighted by Gasteiger charge is -2.46. The van der Waals surface area contributed by atoms with Gasteiger partial charge in [-0.3, -0.25) is 4.79 Å². The summed E-state index contributed by atoms with van der Waals surface area (Å²) in [7, 11) is 0. The van der Waals surface area contributed by atoms with E-state index in [1.807, 2.05) is 59.5 Å². The van der Waals surface area contributed by atoms with E-state index < -0.39 is 6.10 Å². The van der Waals surface area contributed by atoms with E-state index in [4.69, 9.17) is 16.3 Å². The van der Waals surface area contributed by atoms with Crippen LogP contribution >= 0.6 is 11.6 Å². The van der Waals surface area contributed by atoms with E-state index >= 15 is 0 Å². The molecule has 1 fully saturated rings. The summed E-state index contributed by atoms with van der Waals surface area (Å²) in [6.45, 7) is 0.516. The Morgan fingerprint density at radius 3 is 2.26 bits per heavy atom. The van der Waals surface area contributed by atoms with Crippen LogP contribution in [-0.2, 0) is 11.3 Å². The van der Waals surface area contributed by atoms with Crippen LogP contribution in [0.2, 0.25) is 5.02 Å². The molecule has 2 atom stereocenters. The summed E-state index contributed by atoms with van der Waals surface area (Å²) < 4.78 is 5.95. The number of nitrogens with zero attached hydrogens (tertiary/aromatic N) is 1. The van der Waals surface area contributed by atoms with Crippen molar-refractivity contribution < 1.29 is 14.6 Å². The van der Waals surface area contributed by atoms with E-state index in [-0.39, 0.29) is 17.7 Å². The number of β-lactam (4-membered cyclic amide) rings is 1. The Hall–Kier alpha value is -2.98. The summed E-state index contributed by atoms with van der Waals surface area (Å²) in [6, 6.07) is 23.5. The summed E-state index contributed by atoms with van der Waals surface area (Å²) in [5.41, 5.74) is 2.03. The van der Waals surface area contributed by atoms with Crippen molar-refractivity contribution in [3.63, 3.8) is 0 Å². The standard InChI is InChI=1S/C22H18ClNO3/c23-17-8-6-16(7-9-17)20-21(27-19-12-10-18(25)11-13-19)22(26)24(20)14-15-4-2-1-3-5-15/h1-13,20-21,25H,14H2/t20-,21+/m1/s1. The Labute approximate surface area is 162 Å². The van der Waals surface area contributed by atoms with Crippen molar-refractivity contribution in [2.75, 3.05) is 0 Å². The number of phenols is 1. The number of rotatable bonds is 5. The Bertz CT molecular complexity index is 926. The van der Waals surface area contributed by atoms with Crippen molar-refractivity contribution in [1.29, 1.82) is 0 Å². The predicted octanol–water partition coefficient (Wildman–Crippen LogP) is 4.58. The SMILES string of the molecule is O=C1[C@@H](Oc2ccc(O)cc2)[C@@H](c2ccc(Cl)cc2)N1Cc1ccccc1. The summed E-state index contributed by atoms with van der Waals surface area (Å²) >= 11 is 6.02. The first-order chi connectivity index (χ1) is 13.1. The smallest absolute Gasteiger partial charge is 0.267 e. The number of aromatic hydroxyl groups is 1. The zero-order valence-corrected chi connectivity index (χ0v) is 15.2. The minimum Gasteiger partial charge on any atom is -0.508 e. The molecule has 1 amide bonds. The third kappa shape index (κ3) is 3.62. The fraction of sp³-hybridized carbons (Fsp3) is 0.136. The van der Waals surface area contributed by atoms with Crippen LogP contribution in [-0.4, -0.2) is 22.0 Å². The largest absolute Gasteiger partial charge is 0.508 e. The minimum absolute atomic E-state index is 0.0631. The zero-order valence-electron chi connectivity index (χ0n) is 14.5. The fourth-order valence-corrected chi connectivity index (χ4v) is 3.40. The molecule has 4 nitrogen and oxygen atoms in total. The van der Waals surface area contributed by atoms with Crippen LogP contribution in [0.15, 0.2) is 78.9 Å². The number of ether oxygens (including phenoxy) is 1. The van der Waals surface area contributed by atoms with E-state index in [1.165, 1.54) is 12.1 Å². The molecule has 1 N–H and O–H groups in total. The van der Waals surface area contributed by atoms with Crippen molar-refractivity contribution in [3.05, 3.63) is 95.0 Å². The Morgan fingerprint density at radius 1 is 0.926 bits per heavy atom. The Morgan fingerprint density at radius 2 is 1.59 bits per heavy atom. The summed E-state index contributed by atoms with van der Waals surface area (Å²) in [4.78, 5) is 14.6. The first kappa shape index (κ1) is 17.4. The van der Waals surface area contributed by atoms with Gasteiger partial charge < -0.3 is 14.7 Å². The average Bonchev–Trinajstić information content (AvgIpc) is 2.70. The number of hydrogen-bond donors (Lipinski definition) is 1.